The van der Waals surface area contributed by atoms with Crippen molar-refractivity contribution >= 4 is 27.1 Å². The first kappa shape index (κ1) is 22.1. The maximum Gasteiger partial charge on any atom is 0.131 e. The van der Waals surface area contributed by atoms with E-state index in [4.69, 9.17) is 14.2 Å². The maximum atomic E-state index is 6.16. The standard InChI is InChI=1S/C28H28BrNO3/c1-31-24-12-13-25-27(18-24)33-19-26(20-4-8-22(29)9-5-20)28(25)21-6-10-23(11-7-21)32-17-16-30-14-2-3-15-30/h4-13,18H,2-3,14-17,19H2,1H3. The number of ether oxygens (including phenoxy) is 3. The summed E-state index contributed by atoms with van der Waals surface area (Å²) in [7, 11) is 1.68. The Bertz CT molecular complexity index is 1130. The molecular weight excluding hydrogens is 478 g/mol. The highest BCUT2D eigenvalue weighted by atomic mass is 79.9. The van der Waals surface area contributed by atoms with Crippen LogP contribution in [0, 0.1) is 0 Å². The minimum atomic E-state index is 0.505. The van der Waals surface area contributed by atoms with Crippen LogP contribution in [0.2, 0.25) is 0 Å². The average Bonchev–Trinajstić information content (AvgIpc) is 3.38. The van der Waals surface area contributed by atoms with Crippen LogP contribution >= 0.6 is 15.9 Å². The van der Waals surface area contributed by atoms with Crippen LogP contribution in [0.1, 0.15) is 29.5 Å². The lowest BCUT2D eigenvalue weighted by Gasteiger charge is -2.25. The van der Waals surface area contributed by atoms with Gasteiger partial charge in [0.05, 0.1) is 7.11 Å². The van der Waals surface area contributed by atoms with Gasteiger partial charge in [-0.05, 0) is 79.0 Å². The molecule has 1 fully saturated rings. The largest absolute Gasteiger partial charge is 0.497 e. The second-order valence-corrected chi connectivity index (χ2v) is 9.35. The summed E-state index contributed by atoms with van der Waals surface area (Å²) in [6.45, 7) is 4.62. The number of likely N-dealkylation sites (tertiary alicyclic amines) is 1. The molecule has 2 aliphatic heterocycles. The molecule has 4 nitrogen and oxygen atoms in total. The summed E-state index contributed by atoms with van der Waals surface area (Å²) in [4.78, 5) is 2.47. The van der Waals surface area contributed by atoms with Crippen LogP contribution in [-0.2, 0) is 0 Å². The molecule has 3 aromatic rings. The highest BCUT2D eigenvalue weighted by molar-refractivity contribution is 9.10. The normalized spacial score (nSPS) is 15.8. The van der Waals surface area contributed by atoms with Crippen molar-refractivity contribution < 1.29 is 14.2 Å². The fraction of sp³-hybridized carbons (Fsp3) is 0.286. The van der Waals surface area contributed by atoms with Crippen molar-refractivity contribution in [1.82, 2.24) is 4.90 Å². The van der Waals surface area contributed by atoms with Crippen LogP contribution in [0.25, 0.3) is 11.1 Å². The first-order chi connectivity index (χ1) is 16.2. The Morgan fingerprint density at radius 1 is 0.879 bits per heavy atom. The molecule has 0 amide bonds. The summed E-state index contributed by atoms with van der Waals surface area (Å²) in [5.74, 6) is 2.55. The molecule has 2 aliphatic rings. The number of fused-ring (bicyclic) bond motifs is 1. The van der Waals surface area contributed by atoms with Gasteiger partial charge in [0.2, 0.25) is 0 Å². The van der Waals surface area contributed by atoms with Crippen molar-refractivity contribution in [2.24, 2.45) is 0 Å². The van der Waals surface area contributed by atoms with Crippen molar-refractivity contribution in [3.05, 3.63) is 87.9 Å². The summed E-state index contributed by atoms with van der Waals surface area (Å²) in [5, 5.41) is 0. The number of hydrogen-bond donors (Lipinski definition) is 0. The summed E-state index contributed by atoms with van der Waals surface area (Å²) >= 11 is 3.54. The second-order valence-electron chi connectivity index (χ2n) is 8.43. The lowest BCUT2D eigenvalue weighted by Crippen LogP contribution is -2.25. The Morgan fingerprint density at radius 3 is 2.30 bits per heavy atom. The van der Waals surface area contributed by atoms with Gasteiger partial charge in [-0.15, -0.1) is 0 Å². The van der Waals surface area contributed by atoms with Crippen molar-refractivity contribution in [2.45, 2.75) is 12.8 Å². The molecule has 33 heavy (non-hydrogen) atoms. The Kier molecular flexibility index (Phi) is 6.70. The highest BCUT2D eigenvalue weighted by Crippen LogP contribution is 2.42. The molecule has 0 atom stereocenters. The SMILES string of the molecule is COc1ccc2c(c1)OCC(c1ccc(Br)cc1)=C2c1ccc(OCCN2CCCC2)cc1. The van der Waals surface area contributed by atoms with E-state index in [2.05, 4.69) is 75.4 Å². The third kappa shape index (κ3) is 4.94. The molecule has 0 aromatic heterocycles. The molecule has 3 aromatic carbocycles. The third-order valence-electron chi connectivity index (χ3n) is 6.34. The van der Waals surface area contributed by atoms with E-state index in [1.165, 1.54) is 37.1 Å². The summed E-state index contributed by atoms with van der Waals surface area (Å²) in [5.41, 5.74) is 5.73. The fourth-order valence-electron chi connectivity index (χ4n) is 4.57. The summed E-state index contributed by atoms with van der Waals surface area (Å²) in [6.07, 6.45) is 2.61. The fourth-order valence-corrected chi connectivity index (χ4v) is 4.83. The van der Waals surface area contributed by atoms with Crippen LogP contribution in [0.5, 0.6) is 17.2 Å². The number of nitrogens with zero attached hydrogens (tertiary/aromatic N) is 1. The molecule has 0 bridgehead atoms. The predicted octanol–water partition coefficient (Wildman–Crippen LogP) is 6.28. The lowest BCUT2D eigenvalue weighted by atomic mass is 9.88. The van der Waals surface area contributed by atoms with Gasteiger partial charge in [-0.2, -0.15) is 0 Å². The monoisotopic (exact) mass is 505 g/mol. The van der Waals surface area contributed by atoms with E-state index in [9.17, 15) is 0 Å². The Morgan fingerprint density at radius 2 is 1.58 bits per heavy atom. The quantitative estimate of drug-likeness (QED) is 0.377. The van der Waals surface area contributed by atoms with Gasteiger partial charge in [0.1, 0.15) is 30.5 Å². The van der Waals surface area contributed by atoms with Gasteiger partial charge < -0.3 is 14.2 Å². The maximum absolute atomic E-state index is 6.16. The van der Waals surface area contributed by atoms with Crippen molar-refractivity contribution in [2.75, 3.05) is 40.0 Å². The zero-order valence-electron chi connectivity index (χ0n) is 18.9. The summed E-state index contributed by atoms with van der Waals surface area (Å²) < 4.78 is 18.7. The van der Waals surface area contributed by atoms with Crippen LogP contribution in [-0.4, -0.2) is 44.9 Å². The van der Waals surface area contributed by atoms with Gasteiger partial charge in [-0.25, -0.2) is 0 Å². The van der Waals surface area contributed by atoms with E-state index in [0.29, 0.717) is 6.61 Å². The van der Waals surface area contributed by atoms with Gasteiger partial charge in [0.25, 0.3) is 0 Å². The third-order valence-corrected chi connectivity index (χ3v) is 6.87. The van der Waals surface area contributed by atoms with E-state index < -0.39 is 0 Å². The van der Waals surface area contributed by atoms with Crippen LogP contribution in [0.3, 0.4) is 0 Å². The van der Waals surface area contributed by atoms with E-state index in [1.54, 1.807) is 7.11 Å². The van der Waals surface area contributed by atoms with E-state index in [-0.39, 0.29) is 0 Å². The molecule has 0 N–H and O–H groups in total. The smallest absolute Gasteiger partial charge is 0.131 e. The van der Waals surface area contributed by atoms with Gasteiger partial charge in [-0.3, -0.25) is 4.90 Å². The zero-order chi connectivity index (χ0) is 22.6. The molecular formula is C28H28BrNO3. The van der Waals surface area contributed by atoms with Gasteiger partial charge in [0.15, 0.2) is 0 Å². The van der Waals surface area contributed by atoms with Gasteiger partial charge >= 0.3 is 0 Å². The molecule has 170 valence electrons. The Labute approximate surface area is 203 Å². The molecule has 5 rings (SSSR count). The molecule has 0 spiro atoms. The van der Waals surface area contributed by atoms with Crippen LogP contribution < -0.4 is 14.2 Å². The van der Waals surface area contributed by atoms with Crippen molar-refractivity contribution in [3.63, 3.8) is 0 Å². The molecule has 0 radical (unpaired) electrons. The van der Waals surface area contributed by atoms with E-state index >= 15 is 0 Å². The minimum Gasteiger partial charge on any atom is -0.497 e. The topological polar surface area (TPSA) is 30.9 Å². The van der Waals surface area contributed by atoms with E-state index in [0.717, 1.165) is 51.6 Å². The average molecular weight is 506 g/mol. The number of rotatable bonds is 7. The number of hydrogen-bond acceptors (Lipinski definition) is 4. The lowest BCUT2D eigenvalue weighted by molar-refractivity contribution is 0.238. The molecule has 0 aliphatic carbocycles. The molecule has 2 heterocycles. The Balaban J connectivity index is 1.46. The predicted molar refractivity (Wildman–Crippen MR) is 136 cm³/mol. The molecule has 1 saturated heterocycles. The van der Waals surface area contributed by atoms with Crippen LogP contribution in [0.15, 0.2) is 71.2 Å². The van der Waals surface area contributed by atoms with Crippen molar-refractivity contribution in [1.29, 1.82) is 0 Å². The Hall–Kier alpha value is -2.76. The molecule has 5 heteroatoms. The molecule has 0 saturated carbocycles. The van der Waals surface area contributed by atoms with E-state index in [1.807, 2.05) is 12.1 Å². The summed E-state index contributed by atoms with van der Waals surface area (Å²) in [6, 6.07) is 22.9. The van der Waals surface area contributed by atoms with Gasteiger partial charge in [0, 0.05) is 28.2 Å². The molecule has 0 unspecified atom stereocenters. The first-order valence-corrected chi connectivity index (χ1v) is 12.3. The first-order valence-electron chi connectivity index (χ1n) is 11.5. The minimum absolute atomic E-state index is 0.505. The highest BCUT2D eigenvalue weighted by Gasteiger charge is 2.23. The number of methoxy groups -OCH3 is 1. The van der Waals surface area contributed by atoms with Crippen molar-refractivity contribution in [3.8, 4) is 17.2 Å². The second kappa shape index (κ2) is 10.0. The van der Waals surface area contributed by atoms with Crippen LogP contribution in [0.4, 0.5) is 0 Å². The number of halogens is 1. The number of benzene rings is 3. The zero-order valence-corrected chi connectivity index (χ0v) is 20.4. The van der Waals surface area contributed by atoms with Gasteiger partial charge in [-0.1, -0.05) is 40.2 Å².